The van der Waals surface area contributed by atoms with Gasteiger partial charge in [-0.1, -0.05) is 36.4 Å². The number of esters is 1. The molecule has 0 fully saturated rings. The summed E-state index contributed by atoms with van der Waals surface area (Å²) in [6.07, 6.45) is 3.07. The van der Waals surface area contributed by atoms with E-state index in [1.165, 1.54) is 25.5 Å². The van der Waals surface area contributed by atoms with Gasteiger partial charge in [0.25, 0.3) is 5.91 Å². The van der Waals surface area contributed by atoms with Crippen molar-refractivity contribution in [3.8, 4) is 5.75 Å². The average Bonchev–Trinajstić information content (AvgIpc) is 3.25. The number of aryl methyl sites for hydroxylation is 1. The summed E-state index contributed by atoms with van der Waals surface area (Å²) in [6.45, 7) is 1.91. The minimum atomic E-state index is -1.13. The number of rotatable bonds is 7. The van der Waals surface area contributed by atoms with Gasteiger partial charge in [0.15, 0.2) is 0 Å². The summed E-state index contributed by atoms with van der Waals surface area (Å²) in [6, 6.07) is 17.7. The maximum absolute atomic E-state index is 13.0. The average molecular weight is 391 g/mol. The molecule has 3 aromatic rings. The Morgan fingerprint density at radius 1 is 1.07 bits per heavy atom. The Hall–Kier alpha value is -3.80. The van der Waals surface area contributed by atoms with Gasteiger partial charge in [0.2, 0.25) is 6.10 Å². The molecule has 1 amide bonds. The molecule has 1 unspecified atom stereocenters. The van der Waals surface area contributed by atoms with Crippen LogP contribution in [-0.2, 0) is 14.3 Å². The molecule has 0 radical (unpaired) electrons. The topological polar surface area (TPSA) is 77.8 Å². The lowest BCUT2D eigenvalue weighted by molar-refractivity contribution is -0.149. The zero-order valence-corrected chi connectivity index (χ0v) is 16.1. The Kier molecular flexibility index (Phi) is 6.47. The number of furan rings is 1. The molecule has 1 atom stereocenters. The largest absolute Gasteiger partial charge is 0.495 e. The molecule has 29 heavy (non-hydrogen) atoms. The third kappa shape index (κ3) is 5.35. The molecule has 0 saturated carbocycles. The second-order valence-corrected chi connectivity index (χ2v) is 6.27. The van der Waals surface area contributed by atoms with Gasteiger partial charge >= 0.3 is 5.97 Å². The SMILES string of the molecule is COc1ccc(C)cc1NC(=O)C(OC(=O)/C=C/c1ccco1)c1ccccc1. The van der Waals surface area contributed by atoms with Gasteiger partial charge in [-0.25, -0.2) is 4.79 Å². The molecule has 1 aromatic heterocycles. The van der Waals surface area contributed by atoms with Crippen LogP contribution in [0.2, 0.25) is 0 Å². The number of carbonyl (C=O) groups excluding carboxylic acids is 2. The second-order valence-electron chi connectivity index (χ2n) is 6.27. The highest BCUT2D eigenvalue weighted by Gasteiger charge is 2.25. The van der Waals surface area contributed by atoms with E-state index < -0.39 is 18.0 Å². The van der Waals surface area contributed by atoms with Crippen LogP contribution in [0.25, 0.3) is 6.08 Å². The number of ether oxygens (including phenoxy) is 2. The zero-order valence-electron chi connectivity index (χ0n) is 16.1. The molecule has 0 spiro atoms. The van der Waals surface area contributed by atoms with E-state index in [4.69, 9.17) is 13.9 Å². The van der Waals surface area contributed by atoms with Gasteiger partial charge in [0, 0.05) is 11.6 Å². The fraction of sp³-hybridized carbons (Fsp3) is 0.130. The van der Waals surface area contributed by atoms with Crippen LogP contribution in [0.5, 0.6) is 5.75 Å². The first kappa shape index (κ1) is 19.9. The lowest BCUT2D eigenvalue weighted by atomic mass is 10.1. The maximum Gasteiger partial charge on any atom is 0.332 e. The molecular weight excluding hydrogens is 370 g/mol. The number of hydrogen-bond donors (Lipinski definition) is 1. The lowest BCUT2D eigenvalue weighted by Crippen LogP contribution is -2.25. The van der Waals surface area contributed by atoms with Crippen LogP contribution < -0.4 is 10.1 Å². The standard InChI is InChI=1S/C23H21NO5/c1-16-10-12-20(27-2)19(15-16)24-23(26)22(17-7-4-3-5-8-17)29-21(25)13-11-18-9-6-14-28-18/h3-15,22H,1-2H3,(H,24,26)/b13-11+. The number of carbonyl (C=O) groups is 2. The number of anilines is 1. The number of nitrogens with one attached hydrogen (secondary N) is 1. The van der Waals surface area contributed by atoms with Gasteiger partial charge in [-0.3, -0.25) is 4.79 Å². The van der Waals surface area contributed by atoms with Crippen LogP contribution in [-0.4, -0.2) is 19.0 Å². The van der Waals surface area contributed by atoms with Crippen molar-refractivity contribution in [1.82, 2.24) is 0 Å². The molecule has 0 aliphatic carbocycles. The van der Waals surface area contributed by atoms with Crippen molar-refractivity contribution in [2.45, 2.75) is 13.0 Å². The van der Waals surface area contributed by atoms with Crippen molar-refractivity contribution in [2.24, 2.45) is 0 Å². The summed E-state index contributed by atoms with van der Waals surface area (Å²) in [7, 11) is 1.52. The van der Waals surface area contributed by atoms with Crippen molar-refractivity contribution >= 4 is 23.6 Å². The van der Waals surface area contributed by atoms with Crippen molar-refractivity contribution in [1.29, 1.82) is 0 Å². The summed E-state index contributed by atoms with van der Waals surface area (Å²) < 4.78 is 15.9. The number of amides is 1. The highest BCUT2D eigenvalue weighted by atomic mass is 16.5. The Morgan fingerprint density at radius 2 is 1.86 bits per heavy atom. The van der Waals surface area contributed by atoms with Crippen molar-refractivity contribution in [3.63, 3.8) is 0 Å². The van der Waals surface area contributed by atoms with E-state index in [1.54, 1.807) is 48.5 Å². The van der Waals surface area contributed by atoms with Crippen LogP contribution in [0.15, 0.2) is 77.4 Å². The van der Waals surface area contributed by atoms with Crippen LogP contribution in [0.4, 0.5) is 5.69 Å². The number of hydrogen-bond acceptors (Lipinski definition) is 5. The summed E-state index contributed by atoms with van der Waals surface area (Å²) in [5.74, 6) is -0.131. The van der Waals surface area contributed by atoms with E-state index in [0.29, 0.717) is 22.8 Å². The van der Waals surface area contributed by atoms with E-state index in [1.807, 2.05) is 19.1 Å². The van der Waals surface area contributed by atoms with E-state index in [0.717, 1.165) is 5.56 Å². The molecule has 6 nitrogen and oxygen atoms in total. The van der Waals surface area contributed by atoms with Crippen molar-refractivity contribution in [2.75, 3.05) is 12.4 Å². The van der Waals surface area contributed by atoms with E-state index in [9.17, 15) is 9.59 Å². The molecule has 3 rings (SSSR count). The smallest absolute Gasteiger partial charge is 0.332 e. The number of benzene rings is 2. The first-order valence-electron chi connectivity index (χ1n) is 8.99. The first-order valence-corrected chi connectivity index (χ1v) is 8.99. The minimum absolute atomic E-state index is 0.486. The van der Waals surface area contributed by atoms with Gasteiger partial charge in [-0.05, 0) is 42.8 Å². The van der Waals surface area contributed by atoms with Crippen molar-refractivity contribution in [3.05, 3.63) is 89.9 Å². The summed E-state index contributed by atoms with van der Waals surface area (Å²) in [5, 5.41) is 2.79. The molecule has 148 valence electrons. The summed E-state index contributed by atoms with van der Waals surface area (Å²) >= 11 is 0. The molecule has 0 aliphatic heterocycles. The monoisotopic (exact) mass is 391 g/mol. The fourth-order valence-electron chi connectivity index (χ4n) is 2.71. The second kappa shape index (κ2) is 9.41. The van der Waals surface area contributed by atoms with E-state index in [2.05, 4.69) is 5.32 Å². The first-order chi connectivity index (χ1) is 14.1. The molecule has 6 heteroatoms. The van der Waals surface area contributed by atoms with Crippen molar-refractivity contribution < 1.29 is 23.5 Å². The maximum atomic E-state index is 13.0. The predicted octanol–water partition coefficient (Wildman–Crippen LogP) is 4.53. The van der Waals surface area contributed by atoms with Crippen LogP contribution in [0.3, 0.4) is 0 Å². The van der Waals surface area contributed by atoms with Gasteiger partial charge < -0.3 is 19.2 Å². The highest BCUT2D eigenvalue weighted by Crippen LogP contribution is 2.27. The lowest BCUT2D eigenvalue weighted by Gasteiger charge is -2.18. The molecule has 0 saturated heterocycles. The molecule has 2 aromatic carbocycles. The Bertz CT molecular complexity index is 993. The van der Waals surface area contributed by atoms with Crippen LogP contribution in [0, 0.1) is 6.92 Å². The number of methoxy groups -OCH3 is 1. The normalized spacial score (nSPS) is 11.8. The molecule has 1 N–H and O–H groups in total. The molecule has 1 heterocycles. The third-order valence-electron chi connectivity index (χ3n) is 4.11. The van der Waals surface area contributed by atoms with Crippen LogP contribution >= 0.6 is 0 Å². The Morgan fingerprint density at radius 3 is 2.55 bits per heavy atom. The highest BCUT2D eigenvalue weighted by molar-refractivity contribution is 5.98. The van der Waals surface area contributed by atoms with Gasteiger partial charge in [0.1, 0.15) is 11.5 Å². The van der Waals surface area contributed by atoms with E-state index in [-0.39, 0.29) is 0 Å². The fourth-order valence-corrected chi connectivity index (χ4v) is 2.71. The van der Waals surface area contributed by atoms with Crippen LogP contribution in [0.1, 0.15) is 23.0 Å². The zero-order chi connectivity index (χ0) is 20.6. The van der Waals surface area contributed by atoms with Gasteiger partial charge in [-0.15, -0.1) is 0 Å². The van der Waals surface area contributed by atoms with E-state index >= 15 is 0 Å². The summed E-state index contributed by atoms with van der Waals surface area (Å²) in [4.78, 5) is 25.3. The third-order valence-corrected chi connectivity index (χ3v) is 4.11. The minimum Gasteiger partial charge on any atom is -0.495 e. The summed E-state index contributed by atoms with van der Waals surface area (Å²) in [5.41, 5.74) is 2.01. The van der Waals surface area contributed by atoms with Gasteiger partial charge in [-0.2, -0.15) is 0 Å². The molecule has 0 bridgehead atoms. The quantitative estimate of drug-likeness (QED) is 0.473. The molecular formula is C23H21NO5. The predicted molar refractivity (Wildman–Crippen MR) is 109 cm³/mol. The molecule has 0 aliphatic rings. The Labute approximate surface area is 168 Å². The Balaban J connectivity index is 1.81. The van der Waals surface area contributed by atoms with Gasteiger partial charge in [0.05, 0.1) is 19.1 Å².